The number of carbonyl (C=O) groups is 1. The van der Waals surface area contributed by atoms with Gasteiger partial charge in [0.05, 0.1) is 17.4 Å². The number of anilines is 2. The van der Waals surface area contributed by atoms with E-state index in [0.717, 1.165) is 17.7 Å². The zero-order chi connectivity index (χ0) is 27.4. The predicted octanol–water partition coefficient (Wildman–Crippen LogP) is 4.30. The average molecular weight is 525 g/mol. The number of nitrogens with zero attached hydrogens (tertiary/aromatic N) is 7. The molecule has 198 valence electrons. The van der Waals surface area contributed by atoms with Crippen molar-refractivity contribution in [2.75, 3.05) is 44.4 Å². The molecule has 9 nitrogen and oxygen atoms in total. The lowest BCUT2D eigenvalue weighted by Crippen LogP contribution is -2.28. The molecular formula is C26H27F3N8O. The molecule has 12 heteroatoms. The summed E-state index contributed by atoms with van der Waals surface area (Å²) in [4.78, 5) is 24.7. The van der Waals surface area contributed by atoms with Crippen molar-refractivity contribution < 1.29 is 18.0 Å². The molecule has 0 unspecified atom stereocenters. The lowest BCUT2D eigenvalue weighted by molar-refractivity contribution is -0.137. The third-order valence-electron chi connectivity index (χ3n) is 5.89. The van der Waals surface area contributed by atoms with Gasteiger partial charge in [-0.1, -0.05) is 11.3 Å². The smallest absolute Gasteiger partial charge is 0.373 e. The molecule has 0 aliphatic heterocycles. The molecule has 0 radical (unpaired) electrons. The minimum absolute atomic E-state index is 0.0470. The maximum absolute atomic E-state index is 13.6. The molecule has 0 saturated heterocycles. The number of amides is 1. The van der Waals surface area contributed by atoms with Crippen molar-refractivity contribution >= 4 is 17.3 Å². The third-order valence-corrected chi connectivity index (χ3v) is 5.89. The van der Waals surface area contributed by atoms with Gasteiger partial charge in [0.2, 0.25) is 0 Å². The summed E-state index contributed by atoms with van der Waals surface area (Å²) in [6.45, 7) is 3.02. The fourth-order valence-corrected chi connectivity index (χ4v) is 3.69. The predicted molar refractivity (Wildman–Crippen MR) is 138 cm³/mol. The van der Waals surface area contributed by atoms with Crippen LogP contribution in [0.4, 0.5) is 24.5 Å². The Morgan fingerprint density at radius 3 is 2.45 bits per heavy atom. The number of halogens is 3. The highest BCUT2D eigenvalue weighted by Crippen LogP contribution is 2.34. The van der Waals surface area contributed by atoms with Gasteiger partial charge < -0.3 is 15.1 Å². The summed E-state index contributed by atoms with van der Waals surface area (Å²) >= 11 is 0. The molecule has 2 heterocycles. The highest BCUT2D eigenvalue weighted by Gasteiger charge is 2.32. The minimum atomic E-state index is -4.57. The summed E-state index contributed by atoms with van der Waals surface area (Å²) in [5, 5.41) is 10.9. The van der Waals surface area contributed by atoms with Gasteiger partial charge in [-0.3, -0.25) is 4.79 Å². The monoisotopic (exact) mass is 524 g/mol. The lowest BCUT2D eigenvalue weighted by atomic mass is 10.1. The summed E-state index contributed by atoms with van der Waals surface area (Å²) in [5.74, 6) is -0.552. The van der Waals surface area contributed by atoms with Crippen LogP contribution in [0.25, 0.3) is 16.9 Å². The second-order valence-electron chi connectivity index (χ2n) is 9.12. The van der Waals surface area contributed by atoms with Crippen molar-refractivity contribution in [3.63, 3.8) is 0 Å². The molecule has 0 atom stereocenters. The molecule has 38 heavy (non-hydrogen) atoms. The van der Waals surface area contributed by atoms with Gasteiger partial charge in [0.15, 0.2) is 0 Å². The molecule has 0 aliphatic rings. The van der Waals surface area contributed by atoms with Gasteiger partial charge in [-0.15, -0.1) is 5.10 Å². The second kappa shape index (κ2) is 11.0. The summed E-state index contributed by atoms with van der Waals surface area (Å²) in [5.41, 5.74) is 2.47. The molecule has 2 aromatic carbocycles. The quantitative estimate of drug-likeness (QED) is 0.367. The number of alkyl halides is 3. The van der Waals surface area contributed by atoms with Crippen LogP contribution in [-0.2, 0) is 6.18 Å². The first kappa shape index (κ1) is 26.7. The molecule has 0 fully saturated rings. The van der Waals surface area contributed by atoms with E-state index in [0.29, 0.717) is 35.7 Å². The zero-order valence-electron chi connectivity index (χ0n) is 21.4. The van der Waals surface area contributed by atoms with Crippen LogP contribution in [0.5, 0.6) is 0 Å². The van der Waals surface area contributed by atoms with E-state index in [9.17, 15) is 18.0 Å². The Labute approximate surface area is 217 Å². The van der Waals surface area contributed by atoms with Crippen LogP contribution in [0.15, 0.2) is 61.3 Å². The first-order chi connectivity index (χ1) is 18.0. The van der Waals surface area contributed by atoms with E-state index >= 15 is 0 Å². The maximum Gasteiger partial charge on any atom is 0.416 e. The topological polar surface area (TPSA) is 92.1 Å². The molecule has 0 bridgehead atoms. The molecule has 0 aliphatic carbocycles. The largest absolute Gasteiger partial charge is 0.416 e. The van der Waals surface area contributed by atoms with Crippen LogP contribution in [0.2, 0.25) is 0 Å². The molecule has 4 aromatic rings. The van der Waals surface area contributed by atoms with Gasteiger partial charge >= 0.3 is 6.18 Å². The van der Waals surface area contributed by atoms with Crippen molar-refractivity contribution in [1.29, 1.82) is 0 Å². The van der Waals surface area contributed by atoms with Gasteiger partial charge in [0.1, 0.15) is 12.0 Å². The van der Waals surface area contributed by atoms with E-state index in [2.05, 4.69) is 25.6 Å². The van der Waals surface area contributed by atoms with Crippen LogP contribution in [0.3, 0.4) is 0 Å². The number of hydrogen-bond acceptors (Lipinski definition) is 7. The van der Waals surface area contributed by atoms with Crippen molar-refractivity contribution in [1.82, 2.24) is 29.9 Å². The Bertz CT molecular complexity index is 1420. The molecule has 0 saturated carbocycles. The van der Waals surface area contributed by atoms with Crippen LogP contribution >= 0.6 is 0 Å². The van der Waals surface area contributed by atoms with E-state index in [4.69, 9.17) is 0 Å². The van der Waals surface area contributed by atoms with E-state index in [1.165, 1.54) is 17.1 Å². The number of aromatic nitrogens is 5. The molecule has 2 aromatic heterocycles. The number of aryl methyl sites for hydroxylation is 1. The van der Waals surface area contributed by atoms with Crippen LogP contribution in [0, 0.1) is 6.92 Å². The van der Waals surface area contributed by atoms with Crippen molar-refractivity contribution in [2.24, 2.45) is 0 Å². The third kappa shape index (κ3) is 6.32. The summed E-state index contributed by atoms with van der Waals surface area (Å²) in [6.07, 6.45) is 1.75. The molecular weight excluding hydrogens is 497 g/mol. The van der Waals surface area contributed by atoms with Crippen LogP contribution in [-0.4, -0.2) is 70.0 Å². The number of nitrogens with one attached hydrogen (secondary N) is 1. The minimum Gasteiger partial charge on any atom is -0.373 e. The standard InChI is InChI=1S/C26H27F3N8O/c1-17-5-6-18(9-24(17)37-15-23(33-34-37)19-13-30-16-31-14-19)25(38)32-21-10-20(26(27,28)29)11-22(12-21)36(4)8-7-35(2)3/h5-6,9-16H,7-8H2,1-4H3,(H,32,38). The van der Waals surface area contributed by atoms with Crippen molar-refractivity contribution in [3.05, 3.63) is 78.0 Å². The van der Waals surface area contributed by atoms with Crippen LogP contribution in [0.1, 0.15) is 21.5 Å². The average Bonchev–Trinajstić information content (AvgIpc) is 3.37. The van der Waals surface area contributed by atoms with Gasteiger partial charge in [-0.25, -0.2) is 14.6 Å². The maximum atomic E-state index is 13.6. The number of benzene rings is 2. The summed E-state index contributed by atoms with van der Waals surface area (Å²) in [6, 6.07) is 8.50. The van der Waals surface area contributed by atoms with Gasteiger partial charge in [0, 0.05) is 55.0 Å². The Kier molecular flexibility index (Phi) is 7.72. The summed E-state index contributed by atoms with van der Waals surface area (Å²) in [7, 11) is 5.49. The highest BCUT2D eigenvalue weighted by molar-refractivity contribution is 6.05. The second-order valence-corrected chi connectivity index (χ2v) is 9.12. The molecule has 1 N–H and O–H groups in total. The number of rotatable bonds is 8. The molecule has 4 rings (SSSR count). The Balaban J connectivity index is 1.61. The van der Waals surface area contributed by atoms with E-state index in [1.807, 2.05) is 25.9 Å². The highest BCUT2D eigenvalue weighted by atomic mass is 19.4. The van der Waals surface area contributed by atoms with Gasteiger partial charge in [-0.05, 0) is 56.9 Å². The first-order valence-electron chi connectivity index (χ1n) is 11.7. The molecule has 0 spiro atoms. The Hall–Kier alpha value is -4.32. The van der Waals surface area contributed by atoms with E-state index in [-0.39, 0.29) is 11.3 Å². The number of likely N-dealkylation sites (N-methyl/N-ethyl adjacent to an activating group) is 2. The number of hydrogen-bond donors (Lipinski definition) is 1. The van der Waals surface area contributed by atoms with Gasteiger partial charge in [0.25, 0.3) is 5.91 Å². The van der Waals surface area contributed by atoms with E-state index < -0.39 is 17.6 Å². The SMILES string of the molecule is Cc1ccc(C(=O)Nc2cc(N(C)CCN(C)C)cc(C(F)(F)F)c2)cc1-n1cc(-c2cncnc2)nn1. The van der Waals surface area contributed by atoms with Gasteiger partial charge in [-0.2, -0.15) is 13.2 Å². The van der Waals surface area contributed by atoms with Crippen LogP contribution < -0.4 is 10.2 Å². The lowest BCUT2D eigenvalue weighted by Gasteiger charge is -2.23. The summed E-state index contributed by atoms with van der Waals surface area (Å²) < 4.78 is 42.4. The van der Waals surface area contributed by atoms with E-state index in [1.54, 1.807) is 48.7 Å². The van der Waals surface area contributed by atoms with Crippen molar-refractivity contribution in [3.8, 4) is 16.9 Å². The molecule has 1 amide bonds. The zero-order valence-corrected chi connectivity index (χ0v) is 21.4. The fourth-order valence-electron chi connectivity index (χ4n) is 3.69. The van der Waals surface area contributed by atoms with Crippen molar-refractivity contribution in [2.45, 2.75) is 13.1 Å². The normalized spacial score (nSPS) is 11.6. The Morgan fingerprint density at radius 1 is 1.03 bits per heavy atom. The number of carbonyl (C=O) groups excluding carboxylic acids is 1. The fraction of sp³-hybridized carbons (Fsp3) is 0.269. The first-order valence-corrected chi connectivity index (χ1v) is 11.7. The Morgan fingerprint density at radius 2 is 1.76 bits per heavy atom.